The molecular weight excluding hydrogens is 487 g/mol. The Labute approximate surface area is 197 Å². The van der Waals surface area contributed by atoms with Gasteiger partial charge in [-0.3, -0.25) is 9.59 Å². The number of aryl methyl sites for hydroxylation is 1. The van der Waals surface area contributed by atoms with E-state index in [9.17, 15) is 31.5 Å². The highest BCUT2D eigenvalue weighted by molar-refractivity contribution is 6.20. The van der Waals surface area contributed by atoms with E-state index in [0.717, 1.165) is 11.3 Å². The van der Waals surface area contributed by atoms with E-state index in [2.05, 4.69) is 19.8 Å². The average Bonchev–Trinajstić information content (AvgIpc) is 3.05. The van der Waals surface area contributed by atoms with Crippen LogP contribution in [0, 0.1) is 18.8 Å². The number of ether oxygens (including phenoxy) is 2. The Morgan fingerprint density at radius 2 is 1.82 bits per heavy atom. The van der Waals surface area contributed by atoms with Crippen molar-refractivity contribution in [1.82, 2.24) is 10.3 Å². The maximum absolute atomic E-state index is 13.0. The Bertz CT molecular complexity index is 1030. The number of rotatable bonds is 8. The predicted molar refractivity (Wildman–Crippen MR) is 114 cm³/mol. The van der Waals surface area contributed by atoms with Crippen molar-refractivity contribution in [2.24, 2.45) is 11.8 Å². The molecule has 0 saturated heterocycles. The van der Waals surface area contributed by atoms with Crippen molar-refractivity contribution in [2.45, 2.75) is 50.8 Å². The van der Waals surface area contributed by atoms with E-state index >= 15 is 0 Å². The molecule has 2 aromatic rings. The van der Waals surface area contributed by atoms with Gasteiger partial charge < -0.3 is 19.8 Å². The molecule has 0 spiro atoms. The van der Waals surface area contributed by atoms with Crippen molar-refractivity contribution in [2.75, 3.05) is 13.2 Å². The van der Waals surface area contributed by atoms with Gasteiger partial charge in [-0.05, 0) is 49.9 Å². The Morgan fingerprint density at radius 1 is 1.15 bits per heavy atom. The highest BCUT2D eigenvalue weighted by Crippen LogP contribution is 2.33. The minimum atomic E-state index is -4.64. The number of esters is 1. The molecule has 188 valence electrons. The fraction of sp³-hybridized carbons (Fsp3) is 0.545. The zero-order valence-corrected chi connectivity index (χ0v) is 19.0. The number of aromatic amines is 1. The zero-order valence-electron chi connectivity index (χ0n) is 18.2. The van der Waals surface area contributed by atoms with Crippen molar-refractivity contribution in [1.29, 1.82) is 0 Å². The molecule has 0 unspecified atom stereocenters. The number of aromatic nitrogens is 1. The van der Waals surface area contributed by atoms with Crippen LogP contribution in [-0.4, -0.2) is 41.8 Å². The normalized spacial score (nSPS) is 19.1. The fourth-order valence-electron chi connectivity index (χ4n) is 4.31. The summed E-state index contributed by atoms with van der Waals surface area (Å²) in [5.74, 6) is -3.28. The van der Waals surface area contributed by atoms with E-state index in [0.29, 0.717) is 36.6 Å². The number of carbonyl (C=O) groups is 2. The van der Waals surface area contributed by atoms with Crippen LogP contribution < -0.4 is 10.1 Å². The molecule has 1 aromatic carbocycles. The summed E-state index contributed by atoms with van der Waals surface area (Å²) in [7, 11) is 0. The molecule has 1 heterocycles. The summed E-state index contributed by atoms with van der Waals surface area (Å²) in [4.78, 5) is 28.0. The van der Waals surface area contributed by atoms with Gasteiger partial charge in [0.25, 0.3) is 0 Å². The third-order valence-corrected chi connectivity index (χ3v) is 5.86. The standard InChI is InChI=1S/C22H24ClF5N2O4/c1-12-14(17-10-13(34-22(23,27)28)6-7-18(17)30-12)8-9-29-19(31)15-4-2-3-5-16(15)20(32)33-11-21(24,25)26/h6-7,10,15-16,30H,2-5,8-9,11H2,1H3,(H,29,31)/t15-,16+/m1/s1. The second-order valence-electron chi connectivity index (χ2n) is 8.25. The summed E-state index contributed by atoms with van der Waals surface area (Å²) in [6.07, 6.45) is -2.34. The number of fused-ring (bicyclic) bond motifs is 1. The minimum absolute atomic E-state index is 0.126. The minimum Gasteiger partial charge on any atom is -0.456 e. The van der Waals surface area contributed by atoms with Crippen molar-refractivity contribution in [3.8, 4) is 5.75 Å². The number of alkyl halides is 6. The predicted octanol–water partition coefficient (Wildman–Crippen LogP) is 5.21. The number of H-pyrrole nitrogens is 1. The first-order chi connectivity index (χ1) is 15.8. The van der Waals surface area contributed by atoms with Gasteiger partial charge in [0, 0.05) is 34.7 Å². The fourth-order valence-corrected chi connectivity index (χ4v) is 4.40. The molecule has 0 bridgehead atoms. The summed E-state index contributed by atoms with van der Waals surface area (Å²) in [5, 5.41) is 3.36. The Morgan fingerprint density at radius 3 is 2.47 bits per heavy atom. The van der Waals surface area contributed by atoms with Crippen LogP contribution in [0.3, 0.4) is 0 Å². The molecule has 1 fully saturated rings. The number of benzene rings is 1. The van der Waals surface area contributed by atoms with Gasteiger partial charge in [0.1, 0.15) is 5.75 Å². The molecule has 0 aliphatic heterocycles. The van der Waals surface area contributed by atoms with Gasteiger partial charge in [-0.25, -0.2) is 0 Å². The molecule has 1 aromatic heterocycles. The second kappa shape index (κ2) is 10.4. The highest BCUT2D eigenvalue weighted by Gasteiger charge is 2.39. The second-order valence-corrected chi connectivity index (χ2v) is 8.69. The van der Waals surface area contributed by atoms with E-state index in [-0.39, 0.29) is 18.7 Å². The van der Waals surface area contributed by atoms with Crippen LogP contribution in [0.1, 0.15) is 36.9 Å². The van der Waals surface area contributed by atoms with Gasteiger partial charge in [-0.2, -0.15) is 13.2 Å². The van der Waals surface area contributed by atoms with Crippen LogP contribution in [0.5, 0.6) is 5.75 Å². The smallest absolute Gasteiger partial charge is 0.456 e. The Balaban J connectivity index is 1.63. The molecule has 0 radical (unpaired) electrons. The maximum atomic E-state index is 13.0. The van der Waals surface area contributed by atoms with Gasteiger partial charge in [0.15, 0.2) is 6.61 Å². The van der Waals surface area contributed by atoms with Crippen molar-refractivity contribution in [3.63, 3.8) is 0 Å². The summed E-state index contributed by atoms with van der Waals surface area (Å²) in [5.41, 5.74) is -1.64. The first kappa shape index (κ1) is 26.1. The molecule has 1 aliphatic carbocycles. The largest absolute Gasteiger partial charge is 0.487 e. The number of nitrogens with one attached hydrogen (secondary N) is 2. The number of hydrogen-bond donors (Lipinski definition) is 2. The van der Waals surface area contributed by atoms with E-state index < -0.39 is 42.1 Å². The SMILES string of the molecule is Cc1[nH]c2ccc(OC(F)(F)Cl)cc2c1CCNC(=O)[C@@H]1CCCC[C@@H]1C(=O)OCC(F)(F)F. The first-order valence-electron chi connectivity index (χ1n) is 10.7. The summed E-state index contributed by atoms with van der Waals surface area (Å²) < 4.78 is 71.9. The molecule has 2 N–H and O–H groups in total. The monoisotopic (exact) mass is 510 g/mol. The van der Waals surface area contributed by atoms with Crippen molar-refractivity contribution >= 4 is 34.4 Å². The number of amides is 1. The first-order valence-corrected chi connectivity index (χ1v) is 11.1. The third kappa shape index (κ3) is 6.97. The van der Waals surface area contributed by atoms with Crippen LogP contribution in [0.4, 0.5) is 22.0 Å². The lowest BCUT2D eigenvalue weighted by molar-refractivity contribution is -0.191. The lowest BCUT2D eigenvalue weighted by Crippen LogP contribution is -2.41. The van der Waals surface area contributed by atoms with Gasteiger partial charge in [-0.1, -0.05) is 12.8 Å². The van der Waals surface area contributed by atoms with Crippen molar-refractivity contribution < 1.29 is 41.0 Å². The number of carbonyl (C=O) groups excluding carboxylic acids is 2. The number of hydrogen-bond acceptors (Lipinski definition) is 4. The molecule has 1 saturated carbocycles. The summed E-state index contributed by atoms with van der Waals surface area (Å²) in [6, 6.07) is 4.34. The molecule has 3 rings (SSSR count). The van der Waals surface area contributed by atoms with E-state index in [4.69, 9.17) is 11.6 Å². The van der Waals surface area contributed by atoms with Gasteiger partial charge in [0.05, 0.1) is 11.8 Å². The number of halogens is 6. The topological polar surface area (TPSA) is 80.4 Å². The van der Waals surface area contributed by atoms with Gasteiger partial charge >= 0.3 is 17.7 Å². The average molecular weight is 511 g/mol. The van der Waals surface area contributed by atoms with Crippen LogP contribution in [0.25, 0.3) is 10.9 Å². The van der Waals surface area contributed by atoms with Crippen molar-refractivity contribution in [3.05, 3.63) is 29.5 Å². The lowest BCUT2D eigenvalue weighted by Gasteiger charge is -2.29. The molecule has 12 heteroatoms. The van der Waals surface area contributed by atoms with Gasteiger partial charge in [-0.15, -0.1) is 8.78 Å². The van der Waals surface area contributed by atoms with E-state index in [1.54, 1.807) is 13.0 Å². The highest BCUT2D eigenvalue weighted by atomic mass is 35.5. The van der Waals surface area contributed by atoms with Gasteiger partial charge in [0.2, 0.25) is 5.91 Å². The third-order valence-electron chi connectivity index (χ3n) is 5.78. The zero-order chi connectivity index (χ0) is 25.1. The molecule has 2 atom stereocenters. The molecule has 34 heavy (non-hydrogen) atoms. The van der Waals surface area contributed by atoms with Crippen LogP contribution >= 0.6 is 11.6 Å². The van der Waals surface area contributed by atoms with Crippen LogP contribution in [0.15, 0.2) is 18.2 Å². The van der Waals surface area contributed by atoms with Crippen LogP contribution in [-0.2, 0) is 20.7 Å². The molecular formula is C22H24ClF5N2O4. The summed E-state index contributed by atoms with van der Waals surface area (Å²) in [6.45, 7) is 0.281. The lowest BCUT2D eigenvalue weighted by atomic mass is 9.78. The quantitative estimate of drug-likeness (QED) is 0.290. The molecule has 6 nitrogen and oxygen atoms in total. The molecule has 1 aliphatic rings. The maximum Gasteiger partial charge on any atom is 0.487 e. The summed E-state index contributed by atoms with van der Waals surface area (Å²) >= 11 is 4.83. The Hall–Kier alpha value is -2.56. The molecule has 1 amide bonds. The van der Waals surface area contributed by atoms with E-state index in [1.165, 1.54) is 12.1 Å². The Kier molecular flexibility index (Phi) is 7.95. The van der Waals surface area contributed by atoms with Crippen LogP contribution in [0.2, 0.25) is 0 Å². The van der Waals surface area contributed by atoms with E-state index in [1.807, 2.05) is 0 Å².